The van der Waals surface area contributed by atoms with Crippen LogP contribution >= 0.6 is 6.46 Å². The minimum Gasteiger partial charge on any atom is -0.412 e. The van der Waals surface area contributed by atoms with Crippen LogP contribution in [-0.4, -0.2) is 35.2 Å². The van der Waals surface area contributed by atoms with E-state index in [4.69, 9.17) is 0 Å². The predicted molar refractivity (Wildman–Crippen MR) is 121 cm³/mol. The number of thiol groups is 1. The van der Waals surface area contributed by atoms with Crippen molar-refractivity contribution in [1.29, 1.82) is 0 Å². The van der Waals surface area contributed by atoms with Gasteiger partial charge in [-0.2, -0.15) is 0 Å². The van der Waals surface area contributed by atoms with E-state index in [0.29, 0.717) is 0 Å². The van der Waals surface area contributed by atoms with Gasteiger partial charge >= 0.3 is 162 Å². The maximum absolute atomic E-state index is 13.8. The smallest absolute Gasteiger partial charge is 0.412 e. The fraction of sp³-hybridized carbons (Fsp3) is 0.100. The Morgan fingerprint density at radius 1 is 0.714 bits per heavy atom. The number of hydrogen-bond acceptors (Lipinski definition) is 3. The molecule has 0 heterocycles. The van der Waals surface area contributed by atoms with Crippen molar-refractivity contribution in [1.82, 2.24) is 0 Å². The van der Waals surface area contributed by atoms with Crippen LogP contribution in [0.5, 0.6) is 0 Å². The van der Waals surface area contributed by atoms with E-state index in [1.54, 1.807) is 24.6 Å². The van der Waals surface area contributed by atoms with E-state index in [2.05, 4.69) is 0 Å². The molecule has 3 aromatic rings. The summed E-state index contributed by atoms with van der Waals surface area (Å²) in [6.07, 6.45) is 3.60. The summed E-state index contributed by atoms with van der Waals surface area (Å²) in [5.74, 6) is 0. The van der Waals surface area contributed by atoms with Crippen LogP contribution in [0.4, 0.5) is 0 Å². The first-order valence-electron chi connectivity index (χ1n) is 8.41. The molecule has 8 heteroatoms. The molecule has 0 spiro atoms. The van der Waals surface area contributed by atoms with E-state index in [0.717, 1.165) is 15.9 Å². The molecule has 0 atom stereocenters. The van der Waals surface area contributed by atoms with Crippen molar-refractivity contribution in [3.8, 4) is 0 Å². The third kappa shape index (κ3) is 3.95. The molecule has 0 saturated carbocycles. The van der Waals surface area contributed by atoms with Crippen LogP contribution in [0.2, 0.25) is 0 Å². The quantitative estimate of drug-likeness (QED) is 0.355. The van der Waals surface area contributed by atoms with E-state index < -0.39 is 26.1 Å². The van der Waals surface area contributed by atoms with Crippen LogP contribution in [0, 0.1) is 0 Å². The van der Waals surface area contributed by atoms with Crippen molar-refractivity contribution in [2.45, 2.75) is 4.90 Å². The molecule has 0 fully saturated rings. The van der Waals surface area contributed by atoms with E-state index in [9.17, 15) is 17.2 Å². The summed E-state index contributed by atoms with van der Waals surface area (Å²) in [5.41, 5.74) is 0. The zero-order valence-electron chi connectivity index (χ0n) is 15.6. The molecule has 3 aromatic carbocycles. The molecule has 0 amide bonds. The van der Waals surface area contributed by atoms with E-state index in [1.807, 2.05) is 60.7 Å². The molecule has 0 radical (unpaired) electrons. The fourth-order valence-corrected chi connectivity index (χ4v) is 15.9. The van der Waals surface area contributed by atoms with Crippen molar-refractivity contribution in [2.24, 2.45) is 0 Å². The second-order valence-electron chi connectivity index (χ2n) is 6.79. The topological polar surface area (TPSA) is 103 Å². The molecule has 0 saturated heterocycles. The van der Waals surface area contributed by atoms with E-state index in [1.165, 1.54) is 12.1 Å². The van der Waals surface area contributed by atoms with Crippen molar-refractivity contribution in [3.63, 3.8) is 0 Å². The van der Waals surface area contributed by atoms with Crippen molar-refractivity contribution < 1.29 is 22.7 Å². The van der Waals surface area contributed by atoms with Crippen LogP contribution in [0.25, 0.3) is 0 Å². The Labute approximate surface area is 167 Å². The van der Waals surface area contributed by atoms with Gasteiger partial charge in [-0.3, -0.25) is 0 Å². The van der Waals surface area contributed by atoms with Crippen molar-refractivity contribution in [2.75, 3.05) is 12.5 Å². The largest absolute Gasteiger partial charge is 0.412 e. The van der Waals surface area contributed by atoms with Crippen LogP contribution in [0.3, 0.4) is 0 Å². The first-order valence-corrected chi connectivity index (χ1v) is 15.3. The molecule has 0 unspecified atom stereocenters. The van der Waals surface area contributed by atoms with Gasteiger partial charge in [0, 0.05) is 0 Å². The average Bonchev–Trinajstić information content (AvgIpc) is 2.63. The summed E-state index contributed by atoms with van der Waals surface area (Å²) in [5, 5.41) is 2.86. The maximum atomic E-state index is 13.8. The molecule has 0 aliphatic rings. The molecular formula is C20H25O5PS2. The first-order chi connectivity index (χ1) is 12.7. The monoisotopic (exact) mass is 440 g/mol. The standard InChI is InChI=1S/C20H23O4PS2.H2O/c1-26(2,21)25(17-9-5-3-6-10-17,18-11-7-4-8-12-18)19-13-15-20(16-14-19)27(22,23)24;/h3-16,25-26H,1-2H3,(H,22,23,24);1H2. The maximum Gasteiger partial charge on any atom is -0.412 e. The minimum atomic E-state index is -4.28. The van der Waals surface area contributed by atoms with Gasteiger partial charge in [-0.05, 0) is 0 Å². The molecule has 28 heavy (non-hydrogen) atoms. The van der Waals surface area contributed by atoms with Crippen LogP contribution in [0.1, 0.15) is 0 Å². The molecule has 3 rings (SSSR count). The first kappa shape index (κ1) is 22.4. The van der Waals surface area contributed by atoms with E-state index >= 15 is 0 Å². The Kier molecular flexibility index (Phi) is 6.58. The van der Waals surface area contributed by atoms with Crippen LogP contribution in [0.15, 0.2) is 89.8 Å². The summed E-state index contributed by atoms with van der Waals surface area (Å²) in [6, 6.07) is 25.7. The molecule has 0 aliphatic carbocycles. The van der Waals surface area contributed by atoms with Crippen molar-refractivity contribution in [3.05, 3.63) is 84.9 Å². The number of hydrogen-bond donors (Lipinski definition) is 2. The van der Waals surface area contributed by atoms with Gasteiger partial charge in [0.05, 0.1) is 0 Å². The van der Waals surface area contributed by atoms with Gasteiger partial charge in [-0.25, -0.2) is 0 Å². The molecule has 0 aliphatic heterocycles. The molecule has 5 nitrogen and oxygen atoms in total. The third-order valence-electron chi connectivity index (χ3n) is 4.76. The second kappa shape index (κ2) is 8.23. The summed E-state index contributed by atoms with van der Waals surface area (Å²) in [4.78, 5) is -0.169. The van der Waals surface area contributed by atoms with Gasteiger partial charge in [0.25, 0.3) is 0 Å². The Bertz CT molecular complexity index is 1040. The second-order valence-corrected chi connectivity index (χ2v) is 19.3. The summed E-state index contributed by atoms with van der Waals surface area (Å²) in [6.45, 7) is -2.93. The zero-order valence-corrected chi connectivity index (χ0v) is 18.3. The molecule has 3 N–H and O–H groups in total. The van der Waals surface area contributed by atoms with Crippen molar-refractivity contribution >= 4 is 42.0 Å². The molecule has 152 valence electrons. The Morgan fingerprint density at radius 3 is 1.39 bits per heavy atom. The van der Waals surface area contributed by atoms with Gasteiger partial charge < -0.3 is 5.48 Å². The molecule has 0 aromatic heterocycles. The average molecular weight is 441 g/mol. The van der Waals surface area contributed by atoms with Gasteiger partial charge in [0.15, 0.2) is 0 Å². The Hall–Kier alpha value is -1.89. The third-order valence-corrected chi connectivity index (χ3v) is 17.9. The Balaban J connectivity index is 0.00000280. The fourth-order valence-electron chi connectivity index (χ4n) is 3.66. The van der Waals surface area contributed by atoms with Gasteiger partial charge in [-0.15, -0.1) is 0 Å². The van der Waals surface area contributed by atoms with Gasteiger partial charge in [0.1, 0.15) is 0 Å². The van der Waals surface area contributed by atoms with Crippen LogP contribution in [-0.2, 0) is 19.7 Å². The Morgan fingerprint density at radius 2 is 1.07 bits per heavy atom. The van der Waals surface area contributed by atoms with Gasteiger partial charge in [-0.1, -0.05) is 0 Å². The predicted octanol–water partition coefficient (Wildman–Crippen LogP) is 1.33. The number of benzene rings is 3. The van der Waals surface area contributed by atoms with Gasteiger partial charge in [0.2, 0.25) is 0 Å². The summed E-state index contributed by atoms with van der Waals surface area (Å²) < 4.78 is 46.0. The normalized spacial score (nSPS) is 13.4. The van der Waals surface area contributed by atoms with Crippen LogP contribution < -0.4 is 15.9 Å². The molecular weight excluding hydrogens is 415 g/mol. The summed E-state index contributed by atoms with van der Waals surface area (Å²) >= 11 is 0. The molecule has 0 bridgehead atoms. The minimum absolute atomic E-state index is 0. The summed E-state index contributed by atoms with van der Waals surface area (Å²) in [7, 11) is -6.98. The zero-order chi connectivity index (χ0) is 19.7. The SMILES string of the molecule is C[SH](C)(=O)[PH](c1ccccc1)(c1ccccc1)c1ccc(S(=O)(=O)O)cc1.O. The van der Waals surface area contributed by atoms with E-state index in [-0.39, 0.29) is 10.4 Å². The number of rotatable bonds is 5.